The number of hydrogen-bond donors (Lipinski definition) is 4. The summed E-state index contributed by atoms with van der Waals surface area (Å²) >= 11 is 0. The van der Waals surface area contributed by atoms with Gasteiger partial charge in [-0.1, -0.05) is 18.2 Å². The highest BCUT2D eigenvalue weighted by Gasteiger charge is 2.40. The first-order chi connectivity index (χ1) is 28.3. The molecular weight excluding hydrogens is 745 g/mol. The van der Waals surface area contributed by atoms with Crippen LogP contribution in [0.15, 0.2) is 48.7 Å². The van der Waals surface area contributed by atoms with E-state index in [1.54, 1.807) is 4.90 Å². The molecular formula is C42H46N8O8. The van der Waals surface area contributed by atoms with Crippen molar-refractivity contribution in [2.24, 2.45) is 5.92 Å². The molecule has 0 saturated carbocycles. The van der Waals surface area contributed by atoms with Gasteiger partial charge in [0.25, 0.3) is 0 Å². The normalized spacial score (nSPS) is 19.7. The Hall–Kier alpha value is -6.16. The Balaban J connectivity index is 0.941. The number of methoxy groups -OCH3 is 2. The third-order valence-corrected chi connectivity index (χ3v) is 12.0. The Bertz CT molecular complexity index is 2400. The highest BCUT2D eigenvalue weighted by atomic mass is 16.5. The molecule has 0 aliphatic carbocycles. The Morgan fingerprint density at radius 1 is 0.879 bits per heavy atom. The number of aromatic amines is 2. The standard InChI is InChI=1S/C42H46N8O8/c1-55-41(53)44-21-35(51)49-13-3-6-33(49)39-45-30-10-8-24-18-29-27-9-7-25(17-26(27)22-58-34(29)19-28(24)37(30)47-39)31-20-43-38(46-31)32-5-4-14-50(32)40(52)36(48-42(54)56-2)23-11-15-57-16-12-23/h7-10,17-20,23,32-33,36H,3-6,11-16,21-22H2,1-2H3,(H,43,46)(H,44,53)(H,45,47)(H,48,54)/t32-,33-,36?/m0/s1. The minimum absolute atomic E-state index is 0.0367. The van der Waals surface area contributed by atoms with E-state index >= 15 is 0 Å². The molecule has 16 heteroatoms. The molecule has 0 radical (unpaired) electrons. The van der Waals surface area contributed by atoms with E-state index in [1.165, 1.54) is 14.2 Å². The van der Waals surface area contributed by atoms with Gasteiger partial charge in [0, 0.05) is 37.3 Å². The van der Waals surface area contributed by atoms with Gasteiger partial charge in [-0.05, 0) is 90.8 Å². The molecule has 4 amide bonds. The fourth-order valence-corrected chi connectivity index (χ4v) is 9.07. The van der Waals surface area contributed by atoms with Gasteiger partial charge in [0.2, 0.25) is 11.8 Å². The molecule has 3 saturated heterocycles. The molecule has 3 fully saturated rings. The van der Waals surface area contributed by atoms with Crippen LogP contribution in [0.2, 0.25) is 0 Å². The van der Waals surface area contributed by atoms with Crippen molar-refractivity contribution >= 4 is 45.8 Å². The van der Waals surface area contributed by atoms with E-state index < -0.39 is 18.2 Å². The van der Waals surface area contributed by atoms with Crippen molar-refractivity contribution in [3.05, 3.63) is 65.9 Å². The number of amides is 4. The largest absolute Gasteiger partial charge is 0.488 e. The van der Waals surface area contributed by atoms with Gasteiger partial charge in [-0.2, -0.15) is 0 Å². The summed E-state index contributed by atoms with van der Waals surface area (Å²) in [7, 11) is 2.57. The van der Waals surface area contributed by atoms with Crippen LogP contribution in [-0.4, -0.2) is 107 Å². The molecule has 4 aliphatic rings. The summed E-state index contributed by atoms with van der Waals surface area (Å²) in [6.07, 6.45) is 5.13. The van der Waals surface area contributed by atoms with E-state index in [9.17, 15) is 19.2 Å². The lowest BCUT2D eigenvalue weighted by Crippen LogP contribution is -2.53. The number of likely N-dealkylation sites (tertiary alicyclic amines) is 2. The molecule has 16 nitrogen and oxygen atoms in total. The fraction of sp³-hybridized carbons (Fsp3) is 0.429. The van der Waals surface area contributed by atoms with Crippen LogP contribution in [0.4, 0.5) is 9.59 Å². The summed E-state index contributed by atoms with van der Waals surface area (Å²) in [6, 6.07) is 13.4. The molecule has 3 aromatic carbocycles. The van der Waals surface area contributed by atoms with Gasteiger partial charge in [0.15, 0.2) is 0 Å². The maximum atomic E-state index is 14.0. The van der Waals surface area contributed by atoms with Crippen LogP contribution in [0, 0.1) is 5.92 Å². The van der Waals surface area contributed by atoms with Crippen molar-refractivity contribution in [2.75, 3.05) is 47.1 Å². The van der Waals surface area contributed by atoms with Gasteiger partial charge in [-0.3, -0.25) is 9.59 Å². The SMILES string of the molecule is COC(=O)NCC(=O)N1CCC[C@H]1c1nc2ccc3cc4c(cc3c2[nH]1)OCc1cc(-c2cnc([C@@H]3CCCN3C(=O)C(NC(=O)OC)C3CCOCC3)[nH]2)ccc1-4. The highest BCUT2D eigenvalue weighted by Crippen LogP contribution is 2.43. The van der Waals surface area contributed by atoms with Gasteiger partial charge in [0.05, 0.1) is 49.2 Å². The van der Waals surface area contributed by atoms with Crippen molar-refractivity contribution in [2.45, 2.75) is 63.3 Å². The van der Waals surface area contributed by atoms with E-state index in [0.717, 1.165) is 81.2 Å². The lowest BCUT2D eigenvalue weighted by molar-refractivity contribution is -0.136. The van der Waals surface area contributed by atoms with Gasteiger partial charge in [0.1, 0.15) is 36.6 Å². The van der Waals surface area contributed by atoms with E-state index in [-0.39, 0.29) is 36.4 Å². The summed E-state index contributed by atoms with van der Waals surface area (Å²) in [5, 5.41) is 7.30. The first-order valence-corrected chi connectivity index (χ1v) is 19.9. The van der Waals surface area contributed by atoms with E-state index in [2.05, 4.69) is 61.7 Å². The van der Waals surface area contributed by atoms with Crippen LogP contribution in [-0.2, 0) is 30.4 Å². The number of nitrogens with zero attached hydrogens (tertiary/aromatic N) is 4. The zero-order valence-electron chi connectivity index (χ0n) is 32.5. The minimum atomic E-state index is -0.695. The number of aromatic nitrogens is 4. The number of carbonyl (C=O) groups excluding carboxylic acids is 4. The molecule has 0 spiro atoms. The van der Waals surface area contributed by atoms with Crippen LogP contribution in [0.1, 0.15) is 67.8 Å². The fourth-order valence-electron chi connectivity index (χ4n) is 9.07. The second-order valence-electron chi connectivity index (χ2n) is 15.3. The summed E-state index contributed by atoms with van der Waals surface area (Å²) in [6.45, 7) is 2.52. The van der Waals surface area contributed by atoms with Crippen LogP contribution >= 0.6 is 0 Å². The third kappa shape index (κ3) is 6.94. The molecule has 9 rings (SSSR count). The number of H-pyrrole nitrogens is 2. The van der Waals surface area contributed by atoms with Crippen LogP contribution in [0.3, 0.4) is 0 Å². The van der Waals surface area contributed by atoms with Crippen molar-refractivity contribution in [1.29, 1.82) is 0 Å². The average molecular weight is 791 g/mol. The minimum Gasteiger partial charge on any atom is -0.488 e. The van der Waals surface area contributed by atoms with Crippen molar-refractivity contribution < 1.29 is 38.1 Å². The Morgan fingerprint density at radius 3 is 2.45 bits per heavy atom. The van der Waals surface area contributed by atoms with Gasteiger partial charge >= 0.3 is 12.2 Å². The summed E-state index contributed by atoms with van der Waals surface area (Å²) < 4.78 is 21.4. The number of nitrogens with one attached hydrogen (secondary N) is 4. The number of fused-ring (bicyclic) bond motifs is 6. The third-order valence-electron chi connectivity index (χ3n) is 12.0. The van der Waals surface area contributed by atoms with Crippen LogP contribution in [0.25, 0.3) is 44.2 Å². The topological polar surface area (TPSA) is 193 Å². The molecule has 302 valence electrons. The van der Waals surface area contributed by atoms with Gasteiger partial charge in [-0.15, -0.1) is 0 Å². The van der Waals surface area contributed by atoms with Crippen LogP contribution < -0.4 is 15.4 Å². The molecule has 58 heavy (non-hydrogen) atoms. The van der Waals surface area contributed by atoms with Crippen molar-refractivity contribution in [1.82, 2.24) is 40.4 Å². The number of imidazole rings is 2. The molecule has 4 N–H and O–H groups in total. The quantitative estimate of drug-likeness (QED) is 0.156. The molecule has 2 aromatic heterocycles. The molecule has 3 atom stereocenters. The number of rotatable bonds is 8. The number of benzene rings is 3. The second-order valence-corrected chi connectivity index (χ2v) is 15.3. The molecule has 1 unspecified atom stereocenters. The zero-order chi connectivity index (χ0) is 39.9. The number of hydrogen-bond acceptors (Lipinski definition) is 10. The van der Waals surface area contributed by atoms with Crippen molar-refractivity contribution in [3.63, 3.8) is 0 Å². The number of carbonyl (C=O) groups is 4. The second kappa shape index (κ2) is 15.6. The number of ether oxygens (including phenoxy) is 4. The zero-order valence-corrected chi connectivity index (χ0v) is 32.5. The lowest BCUT2D eigenvalue weighted by Gasteiger charge is -2.34. The maximum absolute atomic E-state index is 14.0. The summed E-state index contributed by atoms with van der Waals surface area (Å²) in [4.78, 5) is 71.2. The highest BCUT2D eigenvalue weighted by molar-refractivity contribution is 6.07. The van der Waals surface area contributed by atoms with E-state index in [1.807, 2.05) is 17.2 Å². The predicted molar refractivity (Wildman–Crippen MR) is 212 cm³/mol. The first-order valence-electron chi connectivity index (χ1n) is 19.9. The monoisotopic (exact) mass is 790 g/mol. The summed E-state index contributed by atoms with van der Waals surface area (Å²) in [5.41, 5.74) is 6.61. The Labute approximate surface area is 333 Å². The molecule has 4 aliphatic heterocycles. The molecule has 0 bridgehead atoms. The lowest BCUT2D eigenvalue weighted by atomic mass is 9.90. The Morgan fingerprint density at radius 2 is 1.66 bits per heavy atom. The molecule has 5 aromatic rings. The predicted octanol–water partition coefficient (Wildman–Crippen LogP) is 5.50. The molecule has 6 heterocycles. The average Bonchev–Trinajstić information content (AvgIpc) is 4.10. The van der Waals surface area contributed by atoms with Gasteiger partial charge < -0.3 is 49.3 Å². The summed E-state index contributed by atoms with van der Waals surface area (Å²) in [5.74, 6) is 1.86. The van der Waals surface area contributed by atoms with Crippen molar-refractivity contribution in [3.8, 4) is 28.1 Å². The van der Waals surface area contributed by atoms with Gasteiger partial charge in [-0.25, -0.2) is 19.6 Å². The Kier molecular flexibility index (Phi) is 10.1. The van der Waals surface area contributed by atoms with E-state index in [0.29, 0.717) is 57.4 Å². The van der Waals surface area contributed by atoms with Crippen LogP contribution in [0.5, 0.6) is 5.75 Å². The number of alkyl carbamates (subject to hydrolysis) is 2. The van der Waals surface area contributed by atoms with E-state index in [4.69, 9.17) is 24.2 Å². The maximum Gasteiger partial charge on any atom is 0.407 e. The first kappa shape index (κ1) is 37.4. The smallest absolute Gasteiger partial charge is 0.407 e.